The first kappa shape index (κ1) is 39.7. The average molecular weight is 812 g/mol. The molecule has 2 saturated heterocycles. The number of nitrogens with one attached hydrogen (secondary N) is 1. The van der Waals surface area contributed by atoms with Crippen LogP contribution in [0.15, 0.2) is 73.3 Å². The van der Waals surface area contributed by atoms with E-state index in [1.165, 1.54) is 19.6 Å². The van der Waals surface area contributed by atoms with Crippen LogP contribution in [0.4, 0.5) is 11.9 Å². The van der Waals surface area contributed by atoms with Crippen molar-refractivity contribution in [1.82, 2.24) is 39.5 Å². The summed E-state index contributed by atoms with van der Waals surface area (Å²) in [5.41, 5.74) is 13.8. The van der Waals surface area contributed by atoms with Crippen molar-refractivity contribution < 1.29 is 47.5 Å². The fourth-order valence-electron chi connectivity index (χ4n) is 4.97. The molecule has 0 aliphatic carbocycles. The number of carbonyl (C=O) groups is 3. The van der Waals surface area contributed by atoms with Crippen molar-refractivity contribution in [3.05, 3.63) is 94.8 Å². The second-order valence-electron chi connectivity index (χ2n) is 11.4. The number of nitrogen functional groups attached to an aromatic ring is 2. The standard InChI is InChI=1S/C16H14ClN5O4.C13H14O6.C5H4ClN5/c17-13-12-14(21-16(18)20-13)22(8-19-12)10-6-24-11(26-10)7-25-15(23)9-4-2-1-3-5-9;1-9(14)18-12-8-16-11(19-12)7-17-13(15)10-5-3-2-4-6-10;6-3-2-4(9-1-8-2)11-5(7)10-3/h1-5,8,10-11H,6-7H2,(H2,18,20,21);2-6,11-12H,7-8H2,1H3;1H,(H3,7,8,9,10,11)/t10?,11-;11-,12?;/m11./s1. The third-order valence-electron chi connectivity index (χ3n) is 7.44. The molecule has 292 valence electrons. The number of anilines is 2. The summed E-state index contributed by atoms with van der Waals surface area (Å²) in [6.07, 6.45) is 0.377. The molecule has 0 radical (unpaired) electrons. The fraction of sp³-hybridized carbons (Fsp3) is 0.265. The zero-order valence-electron chi connectivity index (χ0n) is 29.2. The number of ether oxygens (including phenoxy) is 7. The average Bonchev–Trinajstić information content (AvgIpc) is 4.02. The molecule has 0 amide bonds. The number of hydrogen-bond donors (Lipinski definition) is 3. The first-order chi connectivity index (χ1) is 27.0. The summed E-state index contributed by atoms with van der Waals surface area (Å²) in [5.74, 6) is -1.17. The molecule has 8 rings (SSSR count). The number of aromatic nitrogens is 8. The van der Waals surface area contributed by atoms with Gasteiger partial charge in [-0.3, -0.25) is 9.36 Å². The van der Waals surface area contributed by atoms with Crippen molar-refractivity contribution in [2.24, 2.45) is 0 Å². The molecule has 6 aromatic rings. The van der Waals surface area contributed by atoms with Crippen LogP contribution in [0.2, 0.25) is 10.3 Å². The van der Waals surface area contributed by atoms with E-state index in [0.717, 1.165) is 0 Å². The van der Waals surface area contributed by atoms with Crippen LogP contribution < -0.4 is 11.5 Å². The molecule has 56 heavy (non-hydrogen) atoms. The predicted octanol–water partition coefficient (Wildman–Crippen LogP) is 3.48. The highest BCUT2D eigenvalue weighted by Gasteiger charge is 2.31. The summed E-state index contributed by atoms with van der Waals surface area (Å²) in [4.78, 5) is 60.7. The van der Waals surface area contributed by atoms with Crippen LogP contribution in [-0.4, -0.2) is 103 Å². The lowest BCUT2D eigenvalue weighted by molar-refractivity contribution is -0.177. The van der Waals surface area contributed by atoms with Crippen molar-refractivity contribution in [3.63, 3.8) is 0 Å². The molecule has 20 nitrogen and oxygen atoms in total. The van der Waals surface area contributed by atoms with Gasteiger partial charge in [0.15, 0.2) is 40.4 Å². The summed E-state index contributed by atoms with van der Waals surface area (Å²) in [5, 5.41) is 0.462. The summed E-state index contributed by atoms with van der Waals surface area (Å²) in [6.45, 7) is 1.57. The highest BCUT2D eigenvalue weighted by Crippen LogP contribution is 2.27. The van der Waals surface area contributed by atoms with Crippen molar-refractivity contribution in [1.29, 1.82) is 0 Å². The molecule has 6 heterocycles. The Morgan fingerprint density at radius 2 is 1.39 bits per heavy atom. The molecule has 22 heteroatoms. The number of esters is 3. The maximum Gasteiger partial charge on any atom is 0.338 e. The van der Waals surface area contributed by atoms with E-state index in [1.54, 1.807) is 53.1 Å². The molecular formula is C34H32Cl2N10O10. The number of halogens is 2. The molecule has 2 aliphatic rings. The van der Waals surface area contributed by atoms with Gasteiger partial charge in [-0.15, -0.1) is 0 Å². The van der Waals surface area contributed by atoms with Gasteiger partial charge < -0.3 is 49.6 Å². The molecule has 0 spiro atoms. The third-order valence-corrected chi connectivity index (χ3v) is 7.97. The number of fused-ring (bicyclic) bond motifs is 2. The van der Waals surface area contributed by atoms with Gasteiger partial charge in [0.05, 0.1) is 30.4 Å². The Balaban J connectivity index is 0.000000155. The van der Waals surface area contributed by atoms with Gasteiger partial charge in [-0.05, 0) is 24.3 Å². The summed E-state index contributed by atoms with van der Waals surface area (Å²) in [7, 11) is 0. The number of benzene rings is 2. The van der Waals surface area contributed by atoms with Crippen LogP contribution >= 0.6 is 23.2 Å². The van der Waals surface area contributed by atoms with Gasteiger partial charge >= 0.3 is 17.9 Å². The Labute approximate surface area is 326 Å². The number of aromatic amines is 1. The second kappa shape index (κ2) is 18.5. The molecule has 4 aromatic heterocycles. The van der Waals surface area contributed by atoms with Gasteiger partial charge in [-0.1, -0.05) is 59.6 Å². The normalized spacial score (nSPS) is 18.7. The molecule has 2 aromatic carbocycles. The molecule has 5 N–H and O–H groups in total. The molecule has 2 unspecified atom stereocenters. The Bertz CT molecular complexity index is 2280. The SMILES string of the molecule is CC(=O)OC1CO[C@@H](COC(=O)c2ccccc2)O1.Nc1nc(Cl)c2[nH]cnc2n1.Nc1nc(Cl)c2ncn(C3CO[C@@H](COC(=O)c4ccccc4)O3)c2n1. The summed E-state index contributed by atoms with van der Waals surface area (Å²) >= 11 is 11.7. The van der Waals surface area contributed by atoms with E-state index in [2.05, 4.69) is 34.9 Å². The minimum atomic E-state index is -0.738. The van der Waals surface area contributed by atoms with Crippen LogP contribution in [0.5, 0.6) is 0 Å². The van der Waals surface area contributed by atoms with Gasteiger partial charge in [-0.25, -0.2) is 19.6 Å². The molecule has 2 fully saturated rings. The predicted molar refractivity (Wildman–Crippen MR) is 196 cm³/mol. The number of nitrogens with two attached hydrogens (primary N) is 2. The number of H-pyrrole nitrogens is 1. The van der Waals surface area contributed by atoms with Gasteiger partial charge in [0.1, 0.15) is 30.9 Å². The van der Waals surface area contributed by atoms with Gasteiger partial charge in [0, 0.05) is 6.92 Å². The fourth-order valence-corrected chi connectivity index (χ4v) is 5.42. The Hall–Kier alpha value is -6.03. The van der Waals surface area contributed by atoms with Gasteiger partial charge in [-0.2, -0.15) is 19.9 Å². The Kier molecular flexibility index (Phi) is 13.1. The van der Waals surface area contributed by atoms with Crippen LogP contribution in [-0.2, 0) is 38.0 Å². The topological polar surface area (TPSA) is 266 Å². The van der Waals surface area contributed by atoms with Gasteiger partial charge in [0.25, 0.3) is 0 Å². The maximum atomic E-state index is 12.0. The first-order valence-electron chi connectivity index (χ1n) is 16.5. The summed E-state index contributed by atoms with van der Waals surface area (Å²) in [6, 6.07) is 17.3. The highest BCUT2D eigenvalue weighted by molar-refractivity contribution is 6.34. The minimum absolute atomic E-state index is 0.0330. The lowest BCUT2D eigenvalue weighted by atomic mass is 10.2. The van der Waals surface area contributed by atoms with Crippen molar-refractivity contribution in [3.8, 4) is 0 Å². The third kappa shape index (κ3) is 10.4. The number of nitrogens with zero attached hydrogens (tertiary/aromatic N) is 7. The van der Waals surface area contributed by atoms with Crippen LogP contribution in [0.3, 0.4) is 0 Å². The first-order valence-corrected chi connectivity index (χ1v) is 17.2. The van der Waals surface area contributed by atoms with E-state index >= 15 is 0 Å². The van der Waals surface area contributed by atoms with E-state index in [4.69, 9.17) is 67.8 Å². The molecule has 0 bridgehead atoms. The van der Waals surface area contributed by atoms with Crippen LogP contribution in [0.1, 0.15) is 33.9 Å². The lowest BCUT2D eigenvalue weighted by Crippen LogP contribution is -2.22. The zero-order valence-corrected chi connectivity index (χ0v) is 30.7. The van der Waals surface area contributed by atoms with Crippen molar-refractivity contribution >= 4 is 75.3 Å². The van der Waals surface area contributed by atoms with Crippen molar-refractivity contribution in [2.45, 2.75) is 32.0 Å². The second-order valence-corrected chi connectivity index (χ2v) is 12.1. The largest absolute Gasteiger partial charge is 0.457 e. The Morgan fingerprint density at radius 3 is 2.04 bits per heavy atom. The highest BCUT2D eigenvalue weighted by atomic mass is 35.5. The van der Waals surface area contributed by atoms with E-state index in [-0.39, 0.29) is 43.5 Å². The van der Waals surface area contributed by atoms with E-state index < -0.39 is 43.0 Å². The monoisotopic (exact) mass is 810 g/mol. The molecular weight excluding hydrogens is 779 g/mol. The van der Waals surface area contributed by atoms with E-state index in [9.17, 15) is 14.4 Å². The molecule has 0 saturated carbocycles. The van der Waals surface area contributed by atoms with E-state index in [0.29, 0.717) is 38.6 Å². The van der Waals surface area contributed by atoms with Crippen molar-refractivity contribution in [2.75, 3.05) is 37.9 Å². The smallest absolute Gasteiger partial charge is 0.338 e. The number of carbonyl (C=O) groups excluding carboxylic acids is 3. The van der Waals surface area contributed by atoms with Crippen LogP contribution in [0, 0.1) is 0 Å². The lowest BCUT2D eigenvalue weighted by Gasteiger charge is -2.13. The number of hydrogen-bond acceptors (Lipinski definition) is 18. The minimum Gasteiger partial charge on any atom is -0.457 e. The number of imidazole rings is 2. The zero-order chi connectivity index (χ0) is 39.6. The molecule has 2 aliphatic heterocycles. The van der Waals surface area contributed by atoms with Gasteiger partial charge in [0.2, 0.25) is 18.2 Å². The summed E-state index contributed by atoms with van der Waals surface area (Å²) < 4.78 is 38.4. The van der Waals surface area contributed by atoms with Crippen LogP contribution in [0.25, 0.3) is 22.3 Å². The Morgan fingerprint density at radius 1 is 0.804 bits per heavy atom. The maximum absolute atomic E-state index is 12.0. The number of rotatable bonds is 8. The van der Waals surface area contributed by atoms with E-state index in [1.807, 2.05) is 12.1 Å². The molecule has 4 atom stereocenters. The quantitative estimate of drug-likeness (QED) is 0.113.